The summed E-state index contributed by atoms with van der Waals surface area (Å²) in [4.78, 5) is 11.5. The summed E-state index contributed by atoms with van der Waals surface area (Å²) in [6, 6.07) is 20.9. The smallest absolute Gasteiger partial charge is 0.162 e. The molecule has 0 amide bonds. The van der Waals surface area contributed by atoms with Crippen molar-refractivity contribution in [3.05, 3.63) is 83.0 Å². The van der Waals surface area contributed by atoms with Crippen molar-refractivity contribution in [2.45, 2.75) is 92.6 Å². The highest BCUT2D eigenvalue weighted by atomic mass is 16.6. The van der Waals surface area contributed by atoms with Crippen LogP contribution >= 0.6 is 0 Å². The molecule has 6 saturated heterocycles. The van der Waals surface area contributed by atoms with Gasteiger partial charge in [-0.3, -0.25) is 9.80 Å². The second-order valence-corrected chi connectivity index (χ2v) is 16.1. The van der Waals surface area contributed by atoms with E-state index in [-0.39, 0.29) is 29.3 Å². The molecule has 2 aliphatic carbocycles. The number of nitrogens with zero attached hydrogens (tertiary/aromatic N) is 4. The van der Waals surface area contributed by atoms with E-state index in [0.29, 0.717) is 35.9 Å². The average molecular weight is 601 g/mol. The summed E-state index contributed by atoms with van der Waals surface area (Å²) >= 11 is 0. The predicted octanol–water partition coefficient (Wildman–Crippen LogP) is 5.05. The Morgan fingerprint density at radius 1 is 0.800 bits per heavy atom. The van der Waals surface area contributed by atoms with Crippen LogP contribution < -0.4 is 9.80 Å². The fourth-order valence-electron chi connectivity index (χ4n) is 14.6. The number of methoxy groups -OCH3 is 1. The van der Waals surface area contributed by atoms with Gasteiger partial charge in [0.25, 0.3) is 0 Å². The molecule has 0 aromatic heterocycles. The first-order valence-electron chi connectivity index (χ1n) is 17.9. The van der Waals surface area contributed by atoms with Crippen molar-refractivity contribution in [2.24, 2.45) is 17.8 Å². The maximum atomic E-state index is 8.15. The van der Waals surface area contributed by atoms with E-state index in [1.165, 1.54) is 50.1 Å². The number of hydrogen-bond donors (Lipinski definition) is 0. The van der Waals surface area contributed by atoms with E-state index < -0.39 is 5.60 Å². The number of fused-ring (bicyclic) bond motifs is 10. The Kier molecular flexibility index (Phi) is 4.47. The van der Waals surface area contributed by atoms with Crippen molar-refractivity contribution in [1.82, 2.24) is 9.80 Å². The summed E-state index contributed by atoms with van der Waals surface area (Å²) in [5, 5.41) is 0. The van der Waals surface area contributed by atoms with Gasteiger partial charge in [-0.25, -0.2) is 0 Å². The van der Waals surface area contributed by atoms with Crippen molar-refractivity contribution in [3.8, 4) is 0 Å². The average Bonchev–Trinajstić information content (AvgIpc) is 3.86. The Morgan fingerprint density at radius 2 is 1.44 bits per heavy atom. The van der Waals surface area contributed by atoms with Gasteiger partial charge in [-0.15, -0.1) is 0 Å². The van der Waals surface area contributed by atoms with Crippen LogP contribution in [0, 0.1) is 17.8 Å². The Bertz CT molecular complexity index is 1750. The van der Waals surface area contributed by atoms with Gasteiger partial charge in [0.15, 0.2) is 6.23 Å². The number of rotatable bonds is 1. The van der Waals surface area contributed by atoms with E-state index in [1.54, 1.807) is 22.3 Å². The van der Waals surface area contributed by atoms with Crippen molar-refractivity contribution in [2.75, 3.05) is 43.1 Å². The predicted molar refractivity (Wildman–Crippen MR) is 174 cm³/mol. The maximum absolute atomic E-state index is 8.15. The van der Waals surface area contributed by atoms with Gasteiger partial charge in [-0.1, -0.05) is 59.7 Å². The number of allylic oxidation sites excluding steroid dienone is 2. The quantitative estimate of drug-likeness (QED) is 0.427. The molecule has 3 spiro atoms. The summed E-state index contributed by atoms with van der Waals surface area (Å²) < 4.78 is 15.2. The number of piperidine rings is 2. The standard InChI is InChI=1S/C39H44N4O2/c1-4-22-20-40-16-14-37-25-10-6-8-12-28(25)42-33(37)32(24(22)18-30(37)40)34-43-29-13-9-7-11-26(29)38-15-17-41-21-23(5-2)27(19-31(38)41)39(45-34,35(38)43)36(42)44-3/h4-13,24,27,30-36H,14-21H2,1-3H3/b22-4-,23-5?/t24-,27-,30-,31-,32+,33-,34+,35+,36+,37+,38+,39+/m0/s1. The molecule has 6 bridgehead atoms. The molecule has 6 heteroatoms. The molecule has 12 atom stereocenters. The van der Waals surface area contributed by atoms with Gasteiger partial charge in [0.1, 0.15) is 11.8 Å². The molecule has 0 N–H and O–H groups in total. The molecule has 6 nitrogen and oxygen atoms in total. The highest BCUT2D eigenvalue weighted by Gasteiger charge is 2.84. The fourth-order valence-corrected chi connectivity index (χ4v) is 14.6. The Hall–Kier alpha value is -2.64. The van der Waals surface area contributed by atoms with E-state index in [2.05, 4.69) is 94.1 Å². The normalized spacial score (nSPS) is 50.6. The zero-order valence-corrected chi connectivity index (χ0v) is 26.7. The number of anilines is 2. The third-order valence-corrected chi connectivity index (χ3v) is 15.6. The zero-order valence-electron chi connectivity index (χ0n) is 26.7. The van der Waals surface area contributed by atoms with E-state index in [1.807, 2.05) is 7.11 Å². The van der Waals surface area contributed by atoms with Gasteiger partial charge in [0.05, 0.1) is 12.1 Å². The summed E-state index contributed by atoms with van der Waals surface area (Å²) in [6.45, 7) is 9.15. The van der Waals surface area contributed by atoms with E-state index in [0.717, 1.165) is 13.1 Å². The van der Waals surface area contributed by atoms with Crippen LogP contribution in [0.4, 0.5) is 11.4 Å². The molecule has 0 unspecified atom stereocenters. The second-order valence-electron chi connectivity index (χ2n) is 16.1. The first-order valence-corrected chi connectivity index (χ1v) is 17.9. The molecule has 12 rings (SSSR count). The minimum atomic E-state index is -0.453. The van der Waals surface area contributed by atoms with Crippen LogP contribution in [0.2, 0.25) is 0 Å². The Morgan fingerprint density at radius 3 is 2.18 bits per heavy atom. The highest BCUT2D eigenvalue weighted by molar-refractivity contribution is 5.74. The lowest BCUT2D eigenvalue weighted by Gasteiger charge is -2.63. The third-order valence-electron chi connectivity index (χ3n) is 15.6. The molecular formula is C39H44N4O2. The molecule has 2 saturated carbocycles. The second kappa shape index (κ2) is 7.90. The lowest BCUT2D eigenvalue weighted by atomic mass is 9.52. The van der Waals surface area contributed by atoms with Gasteiger partial charge < -0.3 is 19.3 Å². The summed E-state index contributed by atoms with van der Waals surface area (Å²) in [6.07, 6.45) is 9.68. The monoisotopic (exact) mass is 600 g/mol. The number of para-hydroxylation sites is 2. The summed E-state index contributed by atoms with van der Waals surface area (Å²) in [7, 11) is 2.01. The molecule has 0 radical (unpaired) electrons. The van der Waals surface area contributed by atoms with Crippen LogP contribution in [-0.4, -0.2) is 85.3 Å². The van der Waals surface area contributed by atoms with Gasteiger partial charge in [0, 0.05) is 66.3 Å². The highest BCUT2D eigenvalue weighted by Crippen LogP contribution is 2.74. The van der Waals surface area contributed by atoms with Crippen LogP contribution in [0.15, 0.2) is 71.8 Å². The molecule has 8 aliphatic heterocycles. The molecule has 8 heterocycles. The van der Waals surface area contributed by atoms with Crippen LogP contribution in [0.5, 0.6) is 0 Å². The van der Waals surface area contributed by atoms with Crippen molar-refractivity contribution in [3.63, 3.8) is 0 Å². The molecular weight excluding hydrogens is 556 g/mol. The van der Waals surface area contributed by atoms with Crippen molar-refractivity contribution < 1.29 is 9.47 Å². The van der Waals surface area contributed by atoms with Crippen LogP contribution in [0.1, 0.15) is 50.7 Å². The molecule has 2 aromatic carbocycles. The lowest BCUT2D eigenvalue weighted by molar-refractivity contribution is -0.184. The van der Waals surface area contributed by atoms with Gasteiger partial charge in [-0.2, -0.15) is 0 Å². The third kappa shape index (κ3) is 2.37. The van der Waals surface area contributed by atoms with E-state index >= 15 is 0 Å². The first-order chi connectivity index (χ1) is 22.1. The van der Waals surface area contributed by atoms with Gasteiger partial charge in [-0.05, 0) is 81.8 Å². The first kappa shape index (κ1) is 25.4. The minimum Gasteiger partial charge on any atom is -0.358 e. The summed E-state index contributed by atoms with van der Waals surface area (Å²) in [5.74, 6) is 1.24. The molecule has 8 fully saturated rings. The van der Waals surface area contributed by atoms with Crippen molar-refractivity contribution >= 4 is 11.4 Å². The van der Waals surface area contributed by atoms with Gasteiger partial charge in [0.2, 0.25) is 0 Å². The minimum absolute atomic E-state index is 0.0360. The molecule has 45 heavy (non-hydrogen) atoms. The summed E-state index contributed by atoms with van der Waals surface area (Å²) in [5.41, 5.74) is 9.05. The van der Waals surface area contributed by atoms with Crippen LogP contribution in [0.25, 0.3) is 0 Å². The Labute approximate surface area is 266 Å². The number of benzene rings is 2. The largest absolute Gasteiger partial charge is 0.358 e. The Balaban J connectivity index is 1.21. The van der Waals surface area contributed by atoms with Gasteiger partial charge >= 0.3 is 0 Å². The van der Waals surface area contributed by atoms with E-state index in [4.69, 9.17) is 9.47 Å². The maximum Gasteiger partial charge on any atom is 0.162 e. The topological polar surface area (TPSA) is 31.4 Å². The zero-order chi connectivity index (χ0) is 29.6. The lowest BCUT2D eigenvalue weighted by Crippen LogP contribution is -2.77. The molecule has 232 valence electrons. The van der Waals surface area contributed by atoms with E-state index in [9.17, 15) is 0 Å². The number of hydrogen-bond acceptors (Lipinski definition) is 6. The molecule has 2 aromatic rings. The van der Waals surface area contributed by atoms with Crippen molar-refractivity contribution in [1.29, 1.82) is 0 Å². The van der Waals surface area contributed by atoms with Crippen LogP contribution in [-0.2, 0) is 20.3 Å². The van der Waals surface area contributed by atoms with Crippen LogP contribution in [0.3, 0.4) is 0 Å². The molecule has 10 aliphatic rings. The fraction of sp³-hybridized carbons (Fsp3) is 0.590. The SMILES string of the molecule is CC=C1CN2CC[C@]34c5ccccc5N5[C@@H]6O[C@@]([C@H]53)([C@H]1C[C@H]24)[C@@H](OC)N1c2ccccc2[C@]23CCN4C/C(=C/C)[C@H](C[C@H]42)[C@@H]6[C@H]13. The number of ether oxygens (including phenoxy) is 2.